The van der Waals surface area contributed by atoms with E-state index in [0.29, 0.717) is 38.5 Å². The summed E-state index contributed by atoms with van der Waals surface area (Å²) < 4.78 is 26.4. The zero-order valence-electron chi connectivity index (χ0n) is 33.7. The number of rotatable bonds is 35. The fourth-order valence-electron chi connectivity index (χ4n) is 7.01. The Morgan fingerprint density at radius 2 is 1.24 bits per heavy atom. The largest absolute Gasteiger partial charge is 0.469 e. The number of hydrogen-bond acceptors (Lipinski definition) is 9. The van der Waals surface area contributed by atoms with Crippen LogP contribution < -0.4 is 0 Å². The van der Waals surface area contributed by atoms with Gasteiger partial charge in [0.05, 0.1) is 24.9 Å². The van der Waals surface area contributed by atoms with Crippen LogP contribution in [0, 0.1) is 11.8 Å². The van der Waals surface area contributed by atoms with Gasteiger partial charge in [0.15, 0.2) is 6.10 Å². The van der Waals surface area contributed by atoms with E-state index in [1.54, 1.807) is 6.08 Å². The summed E-state index contributed by atoms with van der Waals surface area (Å²) in [5, 5.41) is 31.2. The van der Waals surface area contributed by atoms with E-state index in [2.05, 4.69) is 18.4 Å². The van der Waals surface area contributed by atoms with Crippen molar-refractivity contribution in [2.75, 3.05) is 13.2 Å². The van der Waals surface area contributed by atoms with Crippen molar-refractivity contribution in [2.24, 2.45) is 11.8 Å². The van der Waals surface area contributed by atoms with Crippen molar-refractivity contribution < 1.29 is 53.3 Å². The van der Waals surface area contributed by atoms with Crippen molar-refractivity contribution in [2.45, 2.75) is 205 Å². The molecule has 1 saturated carbocycles. The molecule has 0 amide bonds. The maximum absolute atomic E-state index is 12.4. The first-order valence-corrected chi connectivity index (χ1v) is 22.9. The molecule has 1 aliphatic rings. The lowest BCUT2D eigenvalue weighted by molar-refractivity contribution is -0.161. The Morgan fingerprint density at radius 1 is 0.704 bits per heavy atom. The minimum Gasteiger partial charge on any atom is -0.462 e. The number of phosphoric acid groups is 1. The van der Waals surface area contributed by atoms with Crippen LogP contribution in [0.3, 0.4) is 0 Å². The molecule has 0 aromatic heterocycles. The van der Waals surface area contributed by atoms with E-state index < -0.39 is 50.8 Å². The molecule has 0 aromatic carbocycles. The summed E-state index contributed by atoms with van der Waals surface area (Å²) >= 11 is 0. The number of aliphatic hydroxyl groups is 3. The van der Waals surface area contributed by atoms with Gasteiger partial charge in [-0.3, -0.25) is 14.1 Å². The average molecular weight is 789 g/mol. The first kappa shape index (κ1) is 50.4. The van der Waals surface area contributed by atoms with Crippen molar-refractivity contribution in [1.29, 1.82) is 0 Å². The fraction of sp³-hybridized carbons (Fsp3) is 0.857. The molecule has 0 saturated heterocycles. The number of carbonyl (C=O) groups excluding carboxylic acids is 2. The van der Waals surface area contributed by atoms with Crippen LogP contribution in [0.25, 0.3) is 0 Å². The number of hydrogen-bond donors (Lipinski definition) is 5. The highest BCUT2D eigenvalue weighted by molar-refractivity contribution is 7.46. The Kier molecular flexibility index (Phi) is 30.3. The standard InChI is InChI=1S/C42H77O11P/c1-3-5-7-8-9-10-11-12-13-14-15-16-17-18-19-25-29-42(47)53-36(34-52-54(48,49)50)33-51-41(46)28-24-21-20-23-27-37-38(40(45)32-39(37)44)31-30-35(43)26-22-6-4-2/h20,23,30-31,35-40,43-45H,3-19,21-22,24-29,32-34H2,1-2H3,(H2,48,49,50)/b23-20+,31-30+/t35-,36+,37+,38+,39-,40+/m0/s1. The van der Waals surface area contributed by atoms with Gasteiger partial charge in [0.2, 0.25) is 0 Å². The number of carbonyl (C=O) groups is 2. The predicted molar refractivity (Wildman–Crippen MR) is 214 cm³/mol. The second kappa shape index (κ2) is 32.5. The monoisotopic (exact) mass is 789 g/mol. The first-order valence-electron chi connectivity index (χ1n) is 21.4. The van der Waals surface area contributed by atoms with Crippen LogP contribution in [-0.4, -0.2) is 74.7 Å². The van der Waals surface area contributed by atoms with Crippen LogP contribution in [-0.2, 0) is 28.2 Å². The molecule has 11 nitrogen and oxygen atoms in total. The molecule has 54 heavy (non-hydrogen) atoms. The summed E-state index contributed by atoms with van der Waals surface area (Å²) in [5.41, 5.74) is 0. The summed E-state index contributed by atoms with van der Waals surface area (Å²) in [6.45, 7) is 3.39. The van der Waals surface area contributed by atoms with E-state index >= 15 is 0 Å². The molecule has 6 atom stereocenters. The number of ether oxygens (including phenoxy) is 2. The van der Waals surface area contributed by atoms with E-state index in [4.69, 9.17) is 19.3 Å². The molecule has 1 fully saturated rings. The number of esters is 2. The van der Waals surface area contributed by atoms with Crippen molar-refractivity contribution in [3.63, 3.8) is 0 Å². The van der Waals surface area contributed by atoms with Crippen LogP contribution in [0.1, 0.15) is 181 Å². The summed E-state index contributed by atoms with van der Waals surface area (Å²) in [6.07, 6.45) is 29.9. The smallest absolute Gasteiger partial charge is 0.462 e. The summed E-state index contributed by atoms with van der Waals surface area (Å²) in [7, 11) is -4.81. The van der Waals surface area contributed by atoms with Gasteiger partial charge in [-0.05, 0) is 38.0 Å². The molecule has 0 aliphatic heterocycles. The van der Waals surface area contributed by atoms with Gasteiger partial charge in [-0.2, -0.15) is 0 Å². The summed E-state index contributed by atoms with van der Waals surface area (Å²) in [5.74, 6) is -1.47. The minimum absolute atomic E-state index is 0.0929. The molecule has 1 rings (SSSR count). The van der Waals surface area contributed by atoms with Gasteiger partial charge in [0.1, 0.15) is 6.61 Å². The normalized spacial score (nSPS) is 20.2. The second-order valence-corrected chi connectivity index (χ2v) is 16.5. The molecule has 1 aliphatic carbocycles. The van der Waals surface area contributed by atoms with E-state index in [0.717, 1.165) is 38.5 Å². The Hall–Kier alpha value is -1.59. The molecule has 0 bridgehead atoms. The predicted octanol–water partition coefficient (Wildman–Crippen LogP) is 9.17. The Balaban J connectivity index is 2.27. The lowest BCUT2D eigenvalue weighted by Gasteiger charge is -2.19. The van der Waals surface area contributed by atoms with Crippen molar-refractivity contribution in [3.8, 4) is 0 Å². The van der Waals surface area contributed by atoms with Crippen LogP contribution in [0.15, 0.2) is 24.3 Å². The highest BCUT2D eigenvalue weighted by Gasteiger charge is 2.39. The van der Waals surface area contributed by atoms with Gasteiger partial charge < -0.3 is 34.6 Å². The van der Waals surface area contributed by atoms with Gasteiger partial charge in [-0.1, -0.05) is 154 Å². The average Bonchev–Trinajstić information content (AvgIpc) is 3.40. The third-order valence-corrected chi connectivity index (χ3v) is 10.8. The minimum atomic E-state index is -4.81. The lowest BCUT2D eigenvalue weighted by atomic mass is 9.89. The third-order valence-electron chi connectivity index (χ3n) is 10.3. The quantitative estimate of drug-likeness (QED) is 0.0179. The Morgan fingerprint density at radius 3 is 1.81 bits per heavy atom. The molecule has 5 N–H and O–H groups in total. The molecule has 12 heteroatoms. The summed E-state index contributed by atoms with van der Waals surface area (Å²) in [4.78, 5) is 43.1. The molecule has 316 valence electrons. The van der Waals surface area contributed by atoms with E-state index in [1.165, 1.54) is 77.0 Å². The fourth-order valence-corrected chi connectivity index (χ4v) is 7.38. The van der Waals surface area contributed by atoms with Crippen molar-refractivity contribution in [1.82, 2.24) is 0 Å². The molecule has 0 aromatic rings. The maximum Gasteiger partial charge on any atom is 0.469 e. The van der Waals surface area contributed by atoms with Gasteiger partial charge in [0.25, 0.3) is 0 Å². The Labute approximate surface area is 327 Å². The molecule has 0 heterocycles. The van der Waals surface area contributed by atoms with Gasteiger partial charge in [0, 0.05) is 25.2 Å². The van der Waals surface area contributed by atoms with Crippen LogP contribution in [0.4, 0.5) is 0 Å². The van der Waals surface area contributed by atoms with Gasteiger partial charge in [-0.25, -0.2) is 4.57 Å². The maximum atomic E-state index is 12.4. The zero-order valence-corrected chi connectivity index (χ0v) is 34.6. The summed E-state index contributed by atoms with van der Waals surface area (Å²) in [6, 6.07) is 0. The van der Waals surface area contributed by atoms with E-state index in [-0.39, 0.29) is 31.3 Å². The van der Waals surface area contributed by atoms with Gasteiger partial charge in [-0.15, -0.1) is 0 Å². The molecular weight excluding hydrogens is 711 g/mol. The van der Waals surface area contributed by atoms with Crippen molar-refractivity contribution >= 4 is 19.8 Å². The van der Waals surface area contributed by atoms with Crippen molar-refractivity contribution in [3.05, 3.63) is 24.3 Å². The van der Waals surface area contributed by atoms with E-state index in [9.17, 15) is 29.5 Å². The second-order valence-electron chi connectivity index (χ2n) is 15.3. The number of aliphatic hydroxyl groups excluding tert-OH is 3. The Bertz CT molecular complexity index is 1050. The number of phosphoric ester groups is 1. The topological polar surface area (TPSA) is 180 Å². The van der Waals surface area contributed by atoms with E-state index in [1.807, 2.05) is 18.2 Å². The third kappa shape index (κ3) is 27.9. The lowest BCUT2D eigenvalue weighted by Crippen LogP contribution is -2.29. The van der Waals surface area contributed by atoms with Crippen LogP contribution in [0.5, 0.6) is 0 Å². The molecule has 0 radical (unpaired) electrons. The highest BCUT2D eigenvalue weighted by Crippen LogP contribution is 2.37. The van der Waals surface area contributed by atoms with Crippen LogP contribution in [0.2, 0.25) is 0 Å². The van der Waals surface area contributed by atoms with Gasteiger partial charge >= 0.3 is 19.8 Å². The molecule has 0 spiro atoms. The highest BCUT2D eigenvalue weighted by atomic mass is 31.2. The number of unbranched alkanes of at least 4 members (excludes halogenated alkanes) is 18. The number of allylic oxidation sites excluding steroid dienone is 2. The molecule has 0 unspecified atom stereocenters. The zero-order chi connectivity index (χ0) is 39.9. The first-order chi connectivity index (χ1) is 26.0. The van der Waals surface area contributed by atoms with Crippen LogP contribution >= 0.6 is 7.82 Å². The SMILES string of the molecule is CCCCCCCCCCCCCCCCCCC(=O)O[C@H](COC(=O)CCC/C=C/C[C@@H]1[C@@H](/C=C/[C@@H](O)CCCCC)[C@H](O)C[C@@H]1O)COP(=O)(O)O. The molecular formula is C42H77O11P.